The number of aliphatic hydroxyl groups is 1. The second-order valence-corrected chi connectivity index (χ2v) is 8.42. The smallest absolute Gasteiger partial charge is 0.300 e. The second kappa shape index (κ2) is 9.06. The van der Waals surface area contributed by atoms with Crippen LogP contribution in [0.2, 0.25) is 15.1 Å². The highest BCUT2D eigenvalue weighted by molar-refractivity contribution is 6.52. The molecule has 4 rings (SSSR count). The van der Waals surface area contributed by atoms with Crippen LogP contribution in [0.1, 0.15) is 17.2 Å². The second-order valence-electron chi connectivity index (χ2n) is 7.14. The molecule has 1 heterocycles. The molecule has 3 aromatic rings. The van der Waals surface area contributed by atoms with Crippen LogP contribution >= 0.6 is 34.8 Å². The highest BCUT2D eigenvalue weighted by Gasteiger charge is 2.48. The number of ether oxygens (including phenoxy) is 1. The average molecular weight is 507 g/mol. The molecule has 9 heteroatoms. The van der Waals surface area contributed by atoms with Gasteiger partial charge in [-0.15, -0.1) is 0 Å². The number of hydrogen-bond acceptors (Lipinski definition) is 4. The molecule has 0 saturated carbocycles. The number of benzene rings is 3. The van der Waals surface area contributed by atoms with Gasteiger partial charge in [0, 0.05) is 21.3 Å². The van der Waals surface area contributed by atoms with Crippen LogP contribution < -0.4 is 9.64 Å². The summed E-state index contributed by atoms with van der Waals surface area (Å²) in [5.74, 6) is -3.20. The van der Waals surface area contributed by atoms with Gasteiger partial charge in [0.25, 0.3) is 11.7 Å². The minimum Gasteiger partial charge on any atom is -0.507 e. The van der Waals surface area contributed by atoms with Crippen LogP contribution in [-0.4, -0.2) is 23.9 Å². The van der Waals surface area contributed by atoms with Crippen molar-refractivity contribution in [3.63, 3.8) is 0 Å². The van der Waals surface area contributed by atoms with Crippen molar-refractivity contribution in [2.75, 3.05) is 12.0 Å². The van der Waals surface area contributed by atoms with Gasteiger partial charge in [-0.2, -0.15) is 0 Å². The lowest BCUT2D eigenvalue weighted by Gasteiger charge is -2.26. The van der Waals surface area contributed by atoms with Crippen molar-refractivity contribution in [1.82, 2.24) is 0 Å². The van der Waals surface area contributed by atoms with Gasteiger partial charge in [-0.1, -0.05) is 59.1 Å². The SMILES string of the molecule is COc1c(Cl)cc(Cl)cc1/C(O)=C1\C(=O)C(=O)N(c2cccc(Cl)c2)C1c1ccccc1F. The number of carbonyl (C=O) groups is 2. The van der Waals surface area contributed by atoms with Gasteiger partial charge >= 0.3 is 0 Å². The van der Waals surface area contributed by atoms with E-state index in [0.717, 1.165) is 4.90 Å². The summed E-state index contributed by atoms with van der Waals surface area (Å²) >= 11 is 18.4. The zero-order valence-electron chi connectivity index (χ0n) is 17.0. The maximum Gasteiger partial charge on any atom is 0.300 e. The summed E-state index contributed by atoms with van der Waals surface area (Å²) in [6.07, 6.45) is 0. The Morgan fingerprint density at radius 1 is 1.00 bits per heavy atom. The van der Waals surface area contributed by atoms with Crippen molar-refractivity contribution in [1.29, 1.82) is 0 Å². The Kier molecular flexibility index (Phi) is 6.34. The summed E-state index contributed by atoms with van der Waals surface area (Å²) in [6.45, 7) is 0. The molecule has 1 unspecified atom stereocenters. The first-order valence-corrected chi connectivity index (χ1v) is 10.7. The number of amides is 1. The van der Waals surface area contributed by atoms with E-state index in [1.54, 1.807) is 24.3 Å². The number of halogens is 4. The largest absolute Gasteiger partial charge is 0.507 e. The van der Waals surface area contributed by atoms with Crippen LogP contribution in [0.5, 0.6) is 5.75 Å². The molecule has 0 aliphatic carbocycles. The molecule has 5 nitrogen and oxygen atoms in total. The Morgan fingerprint density at radius 2 is 1.73 bits per heavy atom. The molecule has 1 saturated heterocycles. The first-order chi connectivity index (χ1) is 15.7. The Bertz CT molecular complexity index is 1320. The van der Waals surface area contributed by atoms with Crippen LogP contribution in [0.4, 0.5) is 10.1 Å². The molecule has 0 aromatic heterocycles. The molecular formula is C24H15Cl3FNO4. The van der Waals surface area contributed by atoms with E-state index in [-0.39, 0.29) is 38.2 Å². The third-order valence-corrected chi connectivity index (χ3v) is 5.93. The van der Waals surface area contributed by atoms with Gasteiger partial charge in [0.15, 0.2) is 0 Å². The summed E-state index contributed by atoms with van der Waals surface area (Å²) in [7, 11) is 1.32. The number of rotatable bonds is 4. The van der Waals surface area contributed by atoms with Crippen molar-refractivity contribution < 1.29 is 23.8 Å². The van der Waals surface area contributed by atoms with Gasteiger partial charge in [-0.3, -0.25) is 14.5 Å². The summed E-state index contributed by atoms with van der Waals surface area (Å²) in [6, 6.07) is 13.3. The summed E-state index contributed by atoms with van der Waals surface area (Å²) in [5, 5.41) is 11.8. The third kappa shape index (κ3) is 4.06. The third-order valence-electron chi connectivity index (χ3n) is 5.20. The molecule has 0 radical (unpaired) electrons. The molecule has 1 atom stereocenters. The minimum absolute atomic E-state index is 0.00492. The lowest BCUT2D eigenvalue weighted by atomic mass is 9.94. The zero-order chi connectivity index (χ0) is 23.9. The molecule has 1 N–H and O–H groups in total. The number of carbonyl (C=O) groups excluding carboxylic acids is 2. The molecule has 0 bridgehead atoms. The quantitative estimate of drug-likeness (QED) is 0.252. The summed E-state index contributed by atoms with van der Waals surface area (Å²) in [4.78, 5) is 27.4. The monoisotopic (exact) mass is 505 g/mol. The lowest BCUT2D eigenvalue weighted by molar-refractivity contribution is -0.132. The van der Waals surface area contributed by atoms with E-state index < -0.39 is 29.3 Å². The van der Waals surface area contributed by atoms with Gasteiger partial charge < -0.3 is 9.84 Å². The number of Topliss-reactive ketones (excluding diaryl/α,β-unsaturated/α-hetero) is 1. The van der Waals surface area contributed by atoms with E-state index >= 15 is 0 Å². The highest BCUT2D eigenvalue weighted by Crippen LogP contribution is 2.45. The van der Waals surface area contributed by atoms with Crippen LogP contribution in [0.25, 0.3) is 5.76 Å². The van der Waals surface area contributed by atoms with E-state index in [4.69, 9.17) is 39.5 Å². The van der Waals surface area contributed by atoms with E-state index in [9.17, 15) is 19.1 Å². The van der Waals surface area contributed by atoms with Crippen LogP contribution in [0.3, 0.4) is 0 Å². The topological polar surface area (TPSA) is 66.8 Å². The van der Waals surface area contributed by atoms with Gasteiger partial charge in [0.2, 0.25) is 0 Å². The van der Waals surface area contributed by atoms with Gasteiger partial charge in [-0.05, 0) is 36.4 Å². The molecule has 1 aliphatic rings. The van der Waals surface area contributed by atoms with Crippen molar-refractivity contribution in [3.8, 4) is 5.75 Å². The molecule has 3 aromatic carbocycles. The standard InChI is InChI=1S/C24H15Cl3FNO4/c1-33-23-16(10-13(26)11-17(23)27)21(30)19-20(15-7-2-3-8-18(15)28)29(24(32)22(19)31)14-6-4-5-12(25)9-14/h2-11,20,30H,1H3/b21-19+. The minimum atomic E-state index is -1.29. The average Bonchev–Trinajstić information content (AvgIpc) is 3.03. The Hall–Kier alpha value is -3.06. The van der Waals surface area contributed by atoms with Gasteiger partial charge in [0.05, 0.1) is 29.3 Å². The number of aliphatic hydroxyl groups excluding tert-OH is 1. The molecule has 33 heavy (non-hydrogen) atoms. The highest BCUT2D eigenvalue weighted by atomic mass is 35.5. The van der Waals surface area contributed by atoms with E-state index in [0.29, 0.717) is 5.02 Å². The van der Waals surface area contributed by atoms with Crippen molar-refractivity contribution in [2.45, 2.75) is 6.04 Å². The first kappa shape index (κ1) is 23.1. The Labute approximate surface area is 203 Å². The molecule has 1 amide bonds. The van der Waals surface area contributed by atoms with Crippen molar-refractivity contribution in [3.05, 3.63) is 98.2 Å². The summed E-state index contributed by atoms with van der Waals surface area (Å²) in [5.41, 5.74) is -0.0968. The Balaban J connectivity index is 2.04. The fraction of sp³-hybridized carbons (Fsp3) is 0.0833. The van der Waals surface area contributed by atoms with Gasteiger partial charge in [-0.25, -0.2) is 4.39 Å². The zero-order valence-corrected chi connectivity index (χ0v) is 19.2. The molecular weight excluding hydrogens is 492 g/mol. The lowest BCUT2D eigenvalue weighted by Crippen LogP contribution is -2.29. The van der Waals surface area contributed by atoms with Crippen molar-refractivity contribution >= 4 is 57.9 Å². The van der Waals surface area contributed by atoms with Crippen LogP contribution in [0, 0.1) is 5.82 Å². The predicted molar refractivity (Wildman–Crippen MR) is 126 cm³/mol. The molecule has 168 valence electrons. The van der Waals surface area contributed by atoms with Crippen LogP contribution in [-0.2, 0) is 9.59 Å². The maximum absolute atomic E-state index is 14.9. The maximum atomic E-state index is 14.9. The number of methoxy groups -OCH3 is 1. The summed E-state index contributed by atoms with van der Waals surface area (Å²) < 4.78 is 20.2. The first-order valence-electron chi connectivity index (χ1n) is 9.59. The Morgan fingerprint density at radius 3 is 2.39 bits per heavy atom. The predicted octanol–water partition coefficient (Wildman–Crippen LogP) is 6.42. The van der Waals surface area contributed by atoms with Crippen molar-refractivity contribution in [2.24, 2.45) is 0 Å². The normalized spacial score (nSPS) is 17.5. The number of ketones is 1. The van der Waals surface area contributed by atoms with E-state index in [1.165, 1.54) is 43.5 Å². The number of nitrogens with zero attached hydrogens (tertiary/aromatic N) is 1. The molecule has 0 spiro atoms. The van der Waals surface area contributed by atoms with Gasteiger partial charge in [0.1, 0.15) is 17.3 Å². The van der Waals surface area contributed by atoms with E-state index in [1.807, 2.05) is 0 Å². The molecule has 1 fully saturated rings. The molecule has 1 aliphatic heterocycles. The number of hydrogen-bond donors (Lipinski definition) is 1. The van der Waals surface area contributed by atoms with Crippen LogP contribution in [0.15, 0.2) is 66.2 Å². The fourth-order valence-electron chi connectivity index (χ4n) is 3.80. The number of anilines is 1. The van der Waals surface area contributed by atoms with E-state index in [2.05, 4.69) is 0 Å². The fourth-order valence-corrected chi connectivity index (χ4v) is 4.56.